The van der Waals surface area contributed by atoms with Crippen molar-refractivity contribution in [3.63, 3.8) is 0 Å². The molecule has 0 amide bonds. The lowest BCUT2D eigenvalue weighted by molar-refractivity contribution is 0.0695. The van der Waals surface area contributed by atoms with Gasteiger partial charge in [0.1, 0.15) is 5.82 Å². The van der Waals surface area contributed by atoms with Gasteiger partial charge >= 0.3 is 5.97 Å². The predicted molar refractivity (Wildman–Crippen MR) is 75.2 cm³/mol. The van der Waals surface area contributed by atoms with Crippen LogP contribution in [0.4, 0.5) is 13.2 Å². The summed E-state index contributed by atoms with van der Waals surface area (Å²) in [6.45, 7) is 0. The Kier molecular flexibility index (Phi) is 4.32. The summed E-state index contributed by atoms with van der Waals surface area (Å²) < 4.78 is 41.4. The minimum Gasteiger partial charge on any atom is -0.478 e. The van der Waals surface area contributed by atoms with E-state index in [9.17, 15) is 18.0 Å². The molecule has 1 N–H and O–H groups in total. The molecular formula is C14H8F3IO2. The van der Waals surface area contributed by atoms with Crippen molar-refractivity contribution < 1.29 is 23.1 Å². The quantitative estimate of drug-likeness (QED) is 0.803. The average Bonchev–Trinajstić information content (AvgIpc) is 2.37. The van der Waals surface area contributed by atoms with Crippen molar-refractivity contribution in [1.29, 1.82) is 0 Å². The Hall–Kier alpha value is -1.57. The van der Waals surface area contributed by atoms with Gasteiger partial charge in [0.2, 0.25) is 0 Å². The molecule has 0 fully saturated rings. The summed E-state index contributed by atoms with van der Waals surface area (Å²) in [5.74, 6) is -4.39. The topological polar surface area (TPSA) is 37.3 Å². The summed E-state index contributed by atoms with van der Waals surface area (Å²) in [6, 6.07) is 5.99. The molecule has 104 valence electrons. The van der Waals surface area contributed by atoms with Gasteiger partial charge in [0.15, 0.2) is 11.6 Å². The fourth-order valence-corrected chi connectivity index (χ4v) is 2.27. The summed E-state index contributed by atoms with van der Waals surface area (Å²) in [4.78, 5) is 11.0. The van der Waals surface area contributed by atoms with Crippen LogP contribution in [0.5, 0.6) is 0 Å². The molecule has 0 bridgehead atoms. The number of carboxylic acids is 1. The SMILES string of the molecule is O=C(O)c1ccc(F)c(F)c1Cc1ccc(I)cc1F. The van der Waals surface area contributed by atoms with E-state index < -0.39 is 23.4 Å². The Morgan fingerprint density at radius 1 is 1.10 bits per heavy atom. The van der Waals surface area contributed by atoms with E-state index in [0.29, 0.717) is 3.57 Å². The number of benzene rings is 2. The van der Waals surface area contributed by atoms with Crippen LogP contribution in [0.25, 0.3) is 0 Å². The van der Waals surface area contributed by atoms with Crippen LogP contribution in [0.2, 0.25) is 0 Å². The lowest BCUT2D eigenvalue weighted by Crippen LogP contribution is -2.08. The molecule has 0 spiro atoms. The van der Waals surface area contributed by atoms with Gasteiger partial charge in [-0.05, 0) is 52.4 Å². The van der Waals surface area contributed by atoms with Gasteiger partial charge in [-0.25, -0.2) is 18.0 Å². The summed E-state index contributed by atoms with van der Waals surface area (Å²) in [5.41, 5.74) is -0.628. The van der Waals surface area contributed by atoms with E-state index in [1.54, 1.807) is 6.07 Å². The average molecular weight is 392 g/mol. The highest BCUT2D eigenvalue weighted by Gasteiger charge is 2.19. The molecule has 2 nitrogen and oxygen atoms in total. The monoisotopic (exact) mass is 392 g/mol. The fourth-order valence-electron chi connectivity index (χ4n) is 1.82. The molecule has 6 heteroatoms. The molecule has 0 radical (unpaired) electrons. The molecule has 0 unspecified atom stereocenters. The third-order valence-corrected chi connectivity index (χ3v) is 3.48. The first-order valence-electron chi connectivity index (χ1n) is 5.54. The van der Waals surface area contributed by atoms with E-state index in [0.717, 1.165) is 12.1 Å². The van der Waals surface area contributed by atoms with E-state index >= 15 is 0 Å². The van der Waals surface area contributed by atoms with Gasteiger partial charge in [-0.3, -0.25) is 0 Å². The second kappa shape index (κ2) is 5.82. The molecule has 2 aromatic carbocycles. The summed E-state index contributed by atoms with van der Waals surface area (Å²) >= 11 is 1.91. The second-order valence-corrected chi connectivity index (χ2v) is 5.35. The first kappa shape index (κ1) is 14.8. The zero-order chi connectivity index (χ0) is 14.9. The van der Waals surface area contributed by atoms with Crippen LogP contribution in [-0.2, 0) is 6.42 Å². The van der Waals surface area contributed by atoms with Crippen LogP contribution >= 0.6 is 22.6 Å². The number of rotatable bonds is 3. The summed E-state index contributed by atoms with van der Waals surface area (Å²) in [6.07, 6.45) is -0.325. The number of hydrogen-bond acceptors (Lipinski definition) is 1. The Balaban J connectivity index is 2.52. The van der Waals surface area contributed by atoms with Crippen LogP contribution < -0.4 is 0 Å². The Labute approximate surface area is 126 Å². The minimum atomic E-state index is -1.38. The number of carboxylic acid groups (broad SMARTS) is 1. The predicted octanol–water partition coefficient (Wildman–Crippen LogP) is 4.00. The van der Waals surface area contributed by atoms with Crippen LogP contribution in [-0.4, -0.2) is 11.1 Å². The maximum atomic E-state index is 13.8. The molecule has 0 atom stereocenters. The van der Waals surface area contributed by atoms with Gasteiger partial charge in [0.25, 0.3) is 0 Å². The fraction of sp³-hybridized carbons (Fsp3) is 0.0714. The van der Waals surface area contributed by atoms with Crippen molar-refractivity contribution in [1.82, 2.24) is 0 Å². The van der Waals surface area contributed by atoms with E-state index in [-0.39, 0.29) is 23.1 Å². The molecule has 2 rings (SSSR count). The van der Waals surface area contributed by atoms with E-state index in [2.05, 4.69) is 0 Å². The van der Waals surface area contributed by atoms with Crippen LogP contribution in [0, 0.1) is 21.0 Å². The highest BCUT2D eigenvalue weighted by atomic mass is 127. The molecule has 20 heavy (non-hydrogen) atoms. The summed E-state index contributed by atoms with van der Waals surface area (Å²) in [7, 11) is 0. The lowest BCUT2D eigenvalue weighted by atomic mass is 9.98. The maximum absolute atomic E-state index is 13.8. The Morgan fingerprint density at radius 2 is 1.80 bits per heavy atom. The smallest absolute Gasteiger partial charge is 0.336 e. The first-order chi connectivity index (χ1) is 9.40. The third-order valence-electron chi connectivity index (χ3n) is 2.81. The zero-order valence-electron chi connectivity index (χ0n) is 9.96. The van der Waals surface area contributed by atoms with Gasteiger partial charge in [-0.15, -0.1) is 0 Å². The van der Waals surface area contributed by atoms with Gasteiger partial charge in [0, 0.05) is 15.6 Å². The molecule has 0 heterocycles. The summed E-state index contributed by atoms with van der Waals surface area (Å²) in [5, 5.41) is 8.99. The van der Waals surface area contributed by atoms with Gasteiger partial charge < -0.3 is 5.11 Å². The van der Waals surface area contributed by atoms with Crippen LogP contribution in [0.1, 0.15) is 21.5 Å². The number of aromatic carboxylic acids is 1. The molecule has 2 aromatic rings. The zero-order valence-corrected chi connectivity index (χ0v) is 12.1. The van der Waals surface area contributed by atoms with Crippen LogP contribution in [0.15, 0.2) is 30.3 Å². The molecule has 0 aromatic heterocycles. The highest BCUT2D eigenvalue weighted by Crippen LogP contribution is 2.23. The molecular weight excluding hydrogens is 384 g/mol. The maximum Gasteiger partial charge on any atom is 0.336 e. The van der Waals surface area contributed by atoms with Crippen molar-refractivity contribution in [2.75, 3.05) is 0 Å². The second-order valence-electron chi connectivity index (χ2n) is 4.11. The van der Waals surface area contributed by atoms with E-state index in [1.165, 1.54) is 12.1 Å². The molecule has 0 saturated heterocycles. The van der Waals surface area contributed by atoms with Crippen LogP contribution in [0.3, 0.4) is 0 Å². The van der Waals surface area contributed by atoms with Crippen molar-refractivity contribution in [2.24, 2.45) is 0 Å². The lowest BCUT2D eigenvalue weighted by Gasteiger charge is -2.09. The highest BCUT2D eigenvalue weighted by molar-refractivity contribution is 14.1. The molecule has 0 saturated carbocycles. The first-order valence-corrected chi connectivity index (χ1v) is 6.62. The van der Waals surface area contributed by atoms with E-state index in [1.807, 2.05) is 22.6 Å². The number of carbonyl (C=O) groups is 1. The Bertz CT molecular complexity index is 686. The third kappa shape index (κ3) is 2.95. The van der Waals surface area contributed by atoms with E-state index in [4.69, 9.17) is 5.11 Å². The molecule has 0 aliphatic rings. The van der Waals surface area contributed by atoms with Gasteiger partial charge in [-0.1, -0.05) is 6.07 Å². The minimum absolute atomic E-state index is 0.109. The van der Waals surface area contributed by atoms with Crippen molar-refractivity contribution in [2.45, 2.75) is 6.42 Å². The number of halogens is 4. The van der Waals surface area contributed by atoms with Crippen molar-refractivity contribution in [3.05, 3.63) is 68.0 Å². The van der Waals surface area contributed by atoms with Gasteiger partial charge in [0.05, 0.1) is 5.56 Å². The standard InChI is InChI=1S/C14H8F3IO2/c15-11-4-3-9(14(19)20)10(13(11)17)5-7-1-2-8(18)6-12(7)16/h1-4,6H,5H2,(H,19,20). The largest absolute Gasteiger partial charge is 0.478 e. The normalized spacial score (nSPS) is 10.6. The van der Waals surface area contributed by atoms with Gasteiger partial charge in [-0.2, -0.15) is 0 Å². The van der Waals surface area contributed by atoms with Crippen molar-refractivity contribution in [3.8, 4) is 0 Å². The molecule has 0 aliphatic heterocycles. The van der Waals surface area contributed by atoms with Crippen molar-refractivity contribution >= 4 is 28.6 Å². The number of hydrogen-bond donors (Lipinski definition) is 1. The Morgan fingerprint density at radius 3 is 2.40 bits per heavy atom. The molecule has 0 aliphatic carbocycles.